The number of amides is 1. The lowest BCUT2D eigenvalue weighted by molar-refractivity contribution is -0.225. The normalized spacial score (nSPS) is 16.1. The zero-order valence-corrected chi connectivity index (χ0v) is 21.4. The van der Waals surface area contributed by atoms with Gasteiger partial charge in [-0.2, -0.15) is 0 Å². The molecule has 0 aromatic heterocycles. The first-order valence-corrected chi connectivity index (χ1v) is 12.2. The molecule has 7 nitrogen and oxygen atoms in total. The molecule has 0 aliphatic carbocycles. The number of hydrogen-bond donors (Lipinski definition) is 0. The first-order valence-electron chi connectivity index (χ1n) is 12.2. The van der Waals surface area contributed by atoms with Crippen molar-refractivity contribution in [1.29, 1.82) is 0 Å². The Kier molecular flexibility index (Phi) is 6.69. The summed E-state index contributed by atoms with van der Waals surface area (Å²) in [5.74, 6) is 1.10. The summed E-state index contributed by atoms with van der Waals surface area (Å²) < 4.78 is 42.7. The van der Waals surface area contributed by atoms with E-state index in [4.69, 9.17) is 23.7 Å². The van der Waals surface area contributed by atoms with Crippen LogP contribution in [-0.4, -0.2) is 51.0 Å². The zero-order valence-electron chi connectivity index (χ0n) is 21.4. The van der Waals surface area contributed by atoms with E-state index >= 15 is 0 Å². The predicted molar refractivity (Wildman–Crippen MR) is 136 cm³/mol. The number of aryl methyl sites for hydroxylation is 1. The predicted octanol–water partition coefficient (Wildman–Crippen LogP) is 5.37. The van der Waals surface area contributed by atoms with Crippen LogP contribution in [0.4, 0.5) is 4.39 Å². The second-order valence-electron chi connectivity index (χ2n) is 9.29. The van der Waals surface area contributed by atoms with Crippen LogP contribution in [0.2, 0.25) is 0 Å². The van der Waals surface area contributed by atoms with Crippen molar-refractivity contribution in [3.63, 3.8) is 0 Å². The SMILES string of the molecule is COc1cc(-c2ccc3c(c2)COC2(CCN(C(=O)c4cc(F)ccc4C)CC2)O3)cc(OC)c1OC. The van der Waals surface area contributed by atoms with Crippen LogP contribution in [-0.2, 0) is 11.3 Å². The molecule has 3 aromatic rings. The topological polar surface area (TPSA) is 66.5 Å². The van der Waals surface area contributed by atoms with Gasteiger partial charge in [-0.25, -0.2) is 4.39 Å². The Morgan fingerprint density at radius 2 is 1.62 bits per heavy atom. The highest BCUT2D eigenvalue weighted by Gasteiger charge is 2.42. The van der Waals surface area contributed by atoms with E-state index in [1.165, 1.54) is 12.1 Å². The number of carbonyl (C=O) groups excluding carboxylic acids is 1. The van der Waals surface area contributed by atoms with Crippen molar-refractivity contribution in [3.05, 3.63) is 71.0 Å². The lowest BCUT2D eigenvalue weighted by Gasteiger charge is -2.44. The number of likely N-dealkylation sites (tertiary alicyclic amines) is 1. The fourth-order valence-corrected chi connectivity index (χ4v) is 4.95. The van der Waals surface area contributed by atoms with Gasteiger partial charge in [0.25, 0.3) is 5.91 Å². The molecule has 1 spiro atoms. The van der Waals surface area contributed by atoms with Crippen LogP contribution in [0.25, 0.3) is 11.1 Å². The highest BCUT2D eigenvalue weighted by Crippen LogP contribution is 2.43. The molecule has 5 rings (SSSR count). The van der Waals surface area contributed by atoms with Crippen LogP contribution in [0.3, 0.4) is 0 Å². The Morgan fingerprint density at radius 3 is 2.27 bits per heavy atom. The van der Waals surface area contributed by atoms with Crippen molar-refractivity contribution in [2.24, 2.45) is 0 Å². The molecule has 1 amide bonds. The molecule has 2 aliphatic heterocycles. The van der Waals surface area contributed by atoms with Crippen molar-refractivity contribution in [3.8, 4) is 34.1 Å². The molecule has 0 bridgehead atoms. The van der Waals surface area contributed by atoms with Gasteiger partial charge in [-0.3, -0.25) is 4.79 Å². The highest BCUT2D eigenvalue weighted by atomic mass is 19.1. The Labute approximate surface area is 215 Å². The molecule has 194 valence electrons. The number of hydrogen-bond acceptors (Lipinski definition) is 6. The highest BCUT2D eigenvalue weighted by molar-refractivity contribution is 5.95. The van der Waals surface area contributed by atoms with Crippen LogP contribution in [0.15, 0.2) is 48.5 Å². The maximum Gasteiger partial charge on any atom is 0.254 e. The number of ether oxygens (including phenoxy) is 5. The molecule has 3 aromatic carbocycles. The van der Waals surface area contributed by atoms with E-state index in [1.807, 2.05) is 37.3 Å². The first-order chi connectivity index (χ1) is 17.9. The summed E-state index contributed by atoms with van der Waals surface area (Å²) in [6, 6.07) is 14.1. The fourth-order valence-electron chi connectivity index (χ4n) is 4.95. The van der Waals surface area contributed by atoms with Gasteiger partial charge in [-0.05, 0) is 60.0 Å². The minimum atomic E-state index is -0.783. The molecule has 0 atom stereocenters. The number of benzene rings is 3. The number of rotatable bonds is 5. The lowest BCUT2D eigenvalue weighted by atomic mass is 9.98. The van der Waals surface area contributed by atoms with Gasteiger partial charge in [0, 0.05) is 37.1 Å². The zero-order chi connectivity index (χ0) is 26.2. The van der Waals surface area contributed by atoms with E-state index in [1.54, 1.807) is 32.3 Å². The van der Waals surface area contributed by atoms with E-state index < -0.39 is 11.6 Å². The summed E-state index contributed by atoms with van der Waals surface area (Å²) in [5, 5.41) is 0. The first kappa shape index (κ1) is 24.9. The summed E-state index contributed by atoms with van der Waals surface area (Å²) in [6.07, 6.45) is 1.06. The Morgan fingerprint density at radius 1 is 0.919 bits per heavy atom. The van der Waals surface area contributed by atoms with E-state index in [9.17, 15) is 9.18 Å². The van der Waals surface area contributed by atoms with Crippen molar-refractivity contribution < 1.29 is 32.9 Å². The van der Waals surface area contributed by atoms with Gasteiger partial charge in [-0.15, -0.1) is 0 Å². The quantitative estimate of drug-likeness (QED) is 0.463. The molecular weight excluding hydrogens is 477 g/mol. The van der Waals surface area contributed by atoms with E-state index in [0.717, 1.165) is 28.0 Å². The third-order valence-electron chi connectivity index (χ3n) is 7.09. The van der Waals surface area contributed by atoms with Gasteiger partial charge >= 0.3 is 0 Å². The van der Waals surface area contributed by atoms with Crippen molar-refractivity contribution in [1.82, 2.24) is 4.90 Å². The smallest absolute Gasteiger partial charge is 0.254 e. The van der Waals surface area contributed by atoms with E-state index in [-0.39, 0.29) is 5.91 Å². The molecule has 0 N–H and O–H groups in total. The average molecular weight is 508 g/mol. The summed E-state index contributed by atoms with van der Waals surface area (Å²) in [5.41, 5.74) is 3.97. The number of methoxy groups -OCH3 is 3. The minimum absolute atomic E-state index is 0.168. The largest absolute Gasteiger partial charge is 0.493 e. The van der Waals surface area contributed by atoms with Gasteiger partial charge < -0.3 is 28.6 Å². The Balaban J connectivity index is 1.31. The standard InChI is InChI=1S/C29H30FNO6/c1-18-5-7-22(30)16-23(18)28(32)31-11-9-29(10-12-31)36-17-21-13-19(6-8-24(21)37-29)20-14-25(33-2)27(35-4)26(15-20)34-3/h5-8,13-16H,9-12,17H2,1-4H3. The number of carbonyl (C=O) groups is 1. The number of fused-ring (bicyclic) bond motifs is 1. The van der Waals surface area contributed by atoms with Crippen LogP contribution < -0.4 is 18.9 Å². The van der Waals surface area contributed by atoms with Crippen molar-refractivity contribution in [2.75, 3.05) is 34.4 Å². The Hall–Kier alpha value is -3.78. The fraction of sp³-hybridized carbons (Fsp3) is 0.345. The van der Waals surface area contributed by atoms with Crippen LogP contribution >= 0.6 is 0 Å². The summed E-state index contributed by atoms with van der Waals surface area (Å²) in [7, 11) is 4.76. The maximum absolute atomic E-state index is 13.7. The lowest BCUT2D eigenvalue weighted by Crippen LogP contribution is -2.52. The van der Waals surface area contributed by atoms with Crippen molar-refractivity contribution in [2.45, 2.75) is 32.2 Å². The van der Waals surface area contributed by atoms with Crippen LogP contribution in [0.1, 0.15) is 34.3 Å². The molecule has 37 heavy (non-hydrogen) atoms. The molecule has 0 unspecified atom stereocenters. The molecule has 8 heteroatoms. The summed E-state index contributed by atoms with van der Waals surface area (Å²) >= 11 is 0. The number of piperidine rings is 1. The summed E-state index contributed by atoms with van der Waals surface area (Å²) in [4.78, 5) is 14.7. The summed E-state index contributed by atoms with van der Waals surface area (Å²) in [6.45, 7) is 3.14. The van der Waals surface area contributed by atoms with Gasteiger partial charge in [0.1, 0.15) is 11.6 Å². The number of nitrogens with zero attached hydrogens (tertiary/aromatic N) is 1. The second kappa shape index (κ2) is 9.94. The molecule has 0 radical (unpaired) electrons. The average Bonchev–Trinajstić information content (AvgIpc) is 2.93. The minimum Gasteiger partial charge on any atom is -0.493 e. The molecule has 2 aliphatic rings. The van der Waals surface area contributed by atoms with Gasteiger partial charge in [0.2, 0.25) is 11.5 Å². The third-order valence-corrected chi connectivity index (χ3v) is 7.09. The van der Waals surface area contributed by atoms with Crippen LogP contribution in [0.5, 0.6) is 23.0 Å². The van der Waals surface area contributed by atoms with Gasteiger partial charge in [-0.1, -0.05) is 12.1 Å². The molecule has 0 saturated carbocycles. The van der Waals surface area contributed by atoms with Crippen LogP contribution in [0, 0.1) is 12.7 Å². The molecule has 1 saturated heterocycles. The monoisotopic (exact) mass is 507 g/mol. The van der Waals surface area contributed by atoms with Gasteiger partial charge in [0.15, 0.2) is 11.5 Å². The van der Waals surface area contributed by atoms with E-state index in [0.29, 0.717) is 55.4 Å². The van der Waals surface area contributed by atoms with Crippen molar-refractivity contribution >= 4 is 5.91 Å². The molecule has 2 heterocycles. The van der Waals surface area contributed by atoms with E-state index in [2.05, 4.69) is 0 Å². The number of halogens is 1. The van der Waals surface area contributed by atoms with Gasteiger partial charge in [0.05, 0.1) is 27.9 Å². The Bertz CT molecular complexity index is 1310. The molecule has 1 fully saturated rings. The third kappa shape index (κ3) is 4.69. The maximum atomic E-state index is 13.7. The molecular formula is C29H30FNO6. The second-order valence-corrected chi connectivity index (χ2v) is 9.29.